The number of rotatable bonds is 2. The number of amides is 1. The molecule has 0 aliphatic rings. The Morgan fingerprint density at radius 1 is 1.08 bits per heavy atom. The average molecular weight is 481 g/mol. The highest BCUT2D eigenvalue weighted by atomic mass is 127. The van der Waals surface area contributed by atoms with Gasteiger partial charge in [0, 0.05) is 25.2 Å². The van der Waals surface area contributed by atoms with E-state index in [1.54, 1.807) is 12.1 Å². The first-order valence-electron chi connectivity index (χ1n) is 7.51. The van der Waals surface area contributed by atoms with Crippen molar-refractivity contribution in [2.45, 2.75) is 6.92 Å². The molecule has 0 fully saturated rings. The Morgan fingerprint density at radius 2 is 1.80 bits per heavy atom. The Balaban J connectivity index is 1.80. The van der Waals surface area contributed by atoms with E-state index in [1.807, 2.05) is 49.4 Å². The maximum atomic E-state index is 12.6. The van der Waals surface area contributed by atoms with Crippen molar-refractivity contribution in [3.63, 3.8) is 0 Å². The number of hydrogen-bond donors (Lipinski definition) is 2. The molecule has 0 saturated carbocycles. The summed E-state index contributed by atoms with van der Waals surface area (Å²) < 4.78 is 1.14. The lowest BCUT2D eigenvalue weighted by atomic mass is 10.0. The van der Waals surface area contributed by atoms with Crippen molar-refractivity contribution in [1.82, 2.24) is 5.32 Å². The maximum Gasteiger partial charge on any atom is 0.258 e. The van der Waals surface area contributed by atoms with Crippen molar-refractivity contribution in [2.75, 3.05) is 5.32 Å². The third-order valence-electron chi connectivity index (χ3n) is 3.78. The van der Waals surface area contributed by atoms with Crippen molar-refractivity contribution < 1.29 is 4.79 Å². The molecule has 3 nitrogen and oxygen atoms in total. The van der Waals surface area contributed by atoms with E-state index in [4.69, 9.17) is 23.8 Å². The van der Waals surface area contributed by atoms with Crippen molar-refractivity contribution in [3.8, 4) is 0 Å². The third-order valence-corrected chi connectivity index (χ3v) is 4.98. The number of carbonyl (C=O) groups excluding carboxylic acids is 1. The van der Waals surface area contributed by atoms with Crippen molar-refractivity contribution in [2.24, 2.45) is 0 Å². The van der Waals surface area contributed by atoms with Crippen molar-refractivity contribution in [3.05, 3.63) is 74.3 Å². The van der Waals surface area contributed by atoms with E-state index in [2.05, 4.69) is 33.2 Å². The first-order valence-corrected chi connectivity index (χ1v) is 9.38. The van der Waals surface area contributed by atoms with Crippen LogP contribution in [-0.2, 0) is 0 Å². The van der Waals surface area contributed by atoms with E-state index >= 15 is 0 Å². The summed E-state index contributed by atoms with van der Waals surface area (Å²) in [4.78, 5) is 12.6. The summed E-state index contributed by atoms with van der Waals surface area (Å²) in [7, 11) is 0. The Labute approximate surface area is 169 Å². The number of halogens is 2. The summed E-state index contributed by atoms with van der Waals surface area (Å²) in [5, 5.41) is 8.30. The monoisotopic (exact) mass is 480 g/mol. The van der Waals surface area contributed by atoms with Gasteiger partial charge in [0.25, 0.3) is 5.91 Å². The number of aryl methyl sites for hydroxylation is 1. The van der Waals surface area contributed by atoms with Gasteiger partial charge < -0.3 is 5.32 Å². The molecule has 0 aliphatic carbocycles. The lowest BCUT2D eigenvalue weighted by molar-refractivity contribution is 0.0979. The molecule has 0 unspecified atom stereocenters. The van der Waals surface area contributed by atoms with Gasteiger partial charge in [0.15, 0.2) is 5.11 Å². The van der Waals surface area contributed by atoms with Gasteiger partial charge in [-0.25, -0.2) is 0 Å². The summed E-state index contributed by atoms with van der Waals surface area (Å²) in [6, 6.07) is 16.9. The molecule has 6 heteroatoms. The minimum Gasteiger partial charge on any atom is -0.332 e. The molecule has 0 saturated heterocycles. The molecule has 3 aromatic rings. The molecular weight excluding hydrogens is 467 g/mol. The van der Waals surface area contributed by atoms with Gasteiger partial charge in [-0.1, -0.05) is 35.9 Å². The molecule has 126 valence electrons. The van der Waals surface area contributed by atoms with Gasteiger partial charge in [0.1, 0.15) is 0 Å². The van der Waals surface area contributed by atoms with E-state index in [0.717, 1.165) is 25.6 Å². The normalized spacial score (nSPS) is 10.5. The van der Waals surface area contributed by atoms with Gasteiger partial charge in [-0.05, 0) is 83.0 Å². The average Bonchev–Trinajstić information content (AvgIpc) is 2.57. The molecule has 1 amide bonds. The van der Waals surface area contributed by atoms with E-state index in [-0.39, 0.29) is 11.0 Å². The molecule has 0 bridgehead atoms. The second-order valence-electron chi connectivity index (χ2n) is 5.51. The second kappa shape index (κ2) is 7.68. The quantitative estimate of drug-likeness (QED) is 0.374. The molecule has 0 radical (unpaired) electrons. The number of carbonyl (C=O) groups is 1. The largest absolute Gasteiger partial charge is 0.332 e. The van der Waals surface area contributed by atoms with Crippen LogP contribution in [0, 0.1) is 10.5 Å². The number of nitrogens with one attached hydrogen (secondary N) is 2. The lowest BCUT2D eigenvalue weighted by Crippen LogP contribution is -2.34. The molecule has 0 aromatic heterocycles. The Kier molecular flexibility index (Phi) is 5.56. The van der Waals surface area contributed by atoms with Crippen LogP contribution in [0.5, 0.6) is 0 Å². The minimum absolute atomic E-state index is 0.258. The zero-order chi connectivity index (χ0) is 18.0. The summed E-state index contributed by atoms with van der Waals surface area (Å²) in [6.07, 6.45) is 0. The number of benzene rings is 3. The van der Waals surface area contributed by atoms with Crippen LogP contribution in [0.25, 0.3) is 10.8 Å². The number of fused-ring (bicyclic) bond motifs is 1. The molecule has 3 aromatic carbocycles. The van der Waals surface area contributed by atoms with Crippen LogP contribution in [0.4, 0.5) is 5.69 Å². The fourth-order valence-electron chi connectivity index (χ4n) is 2.56. The van der Waals surface area contributed by atoms with Gasteiger partial charge in [-0.2, -0.15) is 0 Å². The molecule has 0 spiro atoms. The highest BCUT2D eigenvalue weighted by Crippen LogP contribution is 2.26. The number of hydrogen-bond acceptors (Lipinski definition) is 2. The van der Waals surface area contributed by atoms with Crippen molar-refractivity contribution >= 4 is 73.9 Å². The van der Waals surface area contributed by atoms with Gasteiger partial charge in [-0.3, -0.25) is 10.1 Å². The number of anilines is 1. The van der Waals surface area contributed by atoms with Crippen LogP contribution in [0.1, 0.15) is 15.9 Å². The van der Waals surface area contributed by atoms with Crippen LogP contribution < -0.4 is 10.6 Å². The second-order valence-corrected chi connectivity index (χ2v) is 7.57. The first-order chi connectivity index (χ1) is 12.0. The first kappa shape index (κ1) is 18.1. The highest BCUT2D eigenvalue weighted by Gasteiger charge is 2.13. The van der Waals surface area contributed by atoms with E-state index in [1.165, 1.54) is 0 Å². The highest BCUT2D eigenvalue weighted by molar-refractivity contribution is 14.1. The Morgan fingerprint density at radius 3 is 2.56 bits per heavy atom. The standard InChI is InChI=1S/C19H14ClIN2OS/c1-11-10-12(21)8-9-17(11)22-19(25)23-18(24)15-6-2-5-14-13(15)4-3-7-16(14)20/h2-10H,1H3,(H2,22,23,24,25). The predicted octanol–water partition coefficient (Wildman–Crippen LogP) is 5.53. The summed E-state index contributed by atoms with van der Waals surface area (Å²) in [5.41, 5.74) is 2.45. The van der Waals surface area contributed by atoms with E-state index < -0.39 is 0 Å². The van der Waals surface area contributed by atoms with Crippen LogP contribution in [0.15, 0.2) is 54.6 Å². The predicted molar refractivity (Wildman–Crippen MR) is 117 cm³/mol. The van der Waals surface area contributed by atoms with Crippen LogP contribution >= 0.6 is 46.4 Å². The van der Waals surface area contributed by atoms with Crippen molar-refractivity contribution in [1.29, 1.82) is 0 Å². The lowest BCUT2D eigenvalue weighted by Gasteiger charge is -2.13. The number of thiocarbonyl (C=S) groups is 1. The smallest absolute Gasteiger partial charge is 0.258 e. The fraction of sp³-hybridized carbons (Fsp3) is 0.0526. The Hall–Kier alpha value is -1.70. The zero-order valence-electron chi connectivity index (χ0n) is 13.3. The molecule has 0 atom stereocenters. The van der Waals surface area contributed by atoms with E-state index in [9.17, 15) is 4.79 Å². The summed E-state index contributed by atoms with van der Waals surface area (Å²) in [6.45, 7) is 1.99. The van der Waals surface area contributed by atoms with Crippen LogP contribution in [0.3, 0.4) is 0 Å². The zero-order valence-corrected chi connectivity index (χ0v) is 17.0. The van der Waals surface area contributed by atoms with Gasteiger partial charge in [-0.15, -0.1) is 0 Å². The molecule has 25 heavy (non-hydrogen) atoms. The maximum absolute atomic E-state index is 12.6. The summed E-state index contributed by atoms with van der Waals surface area (Å²) in [5.74, 6) is -0.270. The summed E-state index contributed by atoms with van der Waals surface area (Å²) >= 11 is 13.7. The topological polar surface area (TPSA) is 41.1 Å². The Bertz CT molecular complexity index is 990. The molecule has 0 aliphatic heterocycles. The van der Waals surface area contributed by atoms with E-state index in [0.29, 0.717) is 10.6 Å². The molecule has 0 heterocycles. The molecule has 2 N–H and O–H groups in total. The molecule has 3 rings (SSSR count). The van der Waals surface area contributed by atoms with Gasteiger partial charge in [0.2, 0.25) is 0 Å². The minimum atomic E-state index is -0.270. The van der Waals surface area contributed by atoms with Gasteiger partial charge >= 0.3 is 0 Å². The van der Waals surface area contributed by atoms with Crippen LogP contribution in [-0.4, -0.2) is 11.0 Å². The van der Waals surface area contributed by atoms with Crippen LogP contribution in [0.2, 0.25) is 5.02 Å². The fourth-order valence-corrected chi connectivity index (χ4v) is 3.65. The SMILES string of the molecule is Cc1cc(I)ccc1NC(=S)NC(=O)c1cccc2c(Cl)cccc12. The molecular formula is C19H14ClIN2OS. The third kappa shape index (κ3) is 4.11. The van der Waals surface area contributed by atoms with Gasteiger partial charge in [0.05, 0.1) is 0 Å².